The minimum absolute atomic E-state index is 0.0517. The summed E-state index contributed by atoms with van der Waals surface area (Å²) in [4.78, 5) is 26.2. The van der Waals surface area contributed by atoms with E-state index in [1.165, 1.54) is 10.8 Å². The van der Waals surface area contributed by atoms with Crippen LogP contribution in [-0.4, -0.2) is 35.7 Å². The zero-order valence-electron chi connectivity index (χ0n) is 11.4. The number of benzene rings is 1. The summed E-state index contributed by atoms with van der Waals surface area (Å²) in [7, 11) is -3.34. The number of aromatic amines is 1. The van der Waals surface area contributed by atoms with Gasteiger partial charge >= 0.3 is 5.69 Å². The summed E-state index contributed by atoms with van der Waals surface area (Å²) < 4.78 is 26.3. The minimum atomic E-state index is -3.34. The van der Waals surface area contributed by atoms with Crippen molar-refractivity contribution in [2.45, 2.75) is 12.5 Å². The summed E-state index contributed by atoms with van der Waals surface area (Å²) in [6.07, 6.45) is 3.33. The molecule has 3 N–H and O–H groups in total. The van der Waals surface area contributed by atoms with Gasteiger partial charge in [0.05, 0.1) is 11.4 Å². The average molecular weight is 322 g/mol. The van der Waals surface area contributed by atoms with Gasteiger partial charge in [0, 0.05) is 18.1 Å². The average Bonchev–Trinajstić information content (AvgIpc) is 3.05. The van der Waals surface area contributed by atoms with Gasteiger partial charge in [-0.05, 0) is 24.6 Å². The van der Waals surface area contributed by atoms with Crippen LogP contribution in [0.25, 0.3) is 5.69 Å². The molecule has 1 aliphatic rings. The molecule has 1 unspecified atom stereocenters. The molecule has 8 nitrogen and oxygen atoms in total. The number of sulfonamides is 1. The molecule has 116 valence electrons. The van der Waals surface area contributed by atoms with Crippen molar-refractivity contribution in [1.29, 1.82) is 0 Å². The summed E-state index contributed by atoms with van der Waals surface area (Å²) in [6, 6.07) is 5.97. The number of hydrogen-bond donors (Lipinski definition) is 3. The Kier molecular flexibility index (Phi) is 3.59. The molecule has 0 spiro atoms. The number of nitrogens with one attached hydrogen (secondary N) is 3. The number of rotatable bonds is 3. The third-order valence-electron chi connectivity index (χ3n) is 3.35. The van der Waals surface area contributed by atoms with Crippen molar-refractivity contribution in [3.63, 3.8) is 0 Å². The van der Waals surface area contributed by atoms with Crippen LogP contribution in [0.5, 0.6) is 0 Å². The molecule has 1 atom stereocenters. The number of carbonyl (C=O) groups is 1. The zero-order chi connectivity index (χ0) is 15.7. The summed E-state index contributed by atoms with van der Waals surface area (Å²) in [5.74, 6) is -0.469. The second-order valence-electron chi connectivity index (χ2n) is 4.95. The molecule has 1 fully saturated rings. The number of imidazole rings is 1. The van der Waals surface area contributed by atoms with Crippen LogP contribution in [0.1, 0.15) is 6.42 Å². The second-order valence-corrected chi connectivity index (χ2v) is 6.83. The van der Waals surface area contributed by atoms with Crippen LogP contribution in [0.2, 0.25) is 0 Å². The van der Waals surface area contributed by atoms with Gasteiger partial charge in [-0.15, -0.1) is 0 Å². The molecule has 1 aliphatic heterocycles. The standard InChI is InChI=1S/C13H14N4O4S/c18-12(11-4-7-22(20,21)16-11)15-9-2-1-3-10(8-9)17-6-5-14-13(17)19/h1-3,5-6,8,11,16H,4,7H2,(H,14,19)(H,15,18). The number of anilines is 1. The summed E-state index contributed by atoms with van der Waals surface area (Å²) in [6.45, 7) is 0. The van der Waals surface area contributed by atoms with Crippen molar-refractivity contribution in [2.75, 3.05) is 11.1 Å². The van der Waals surface area contributed by atoms with Crippen molar-refractivity contribution in [3.05, 3.63) is 47.1 Å². The first kappa shape index (κ1) is 14.5. The first-order valence-electron chi connectivity index (χ1n) is 6.62. The molecule has 1 saturated heterocycles. The Bertz CT molecular complexity index is 868. The van der Waals surface area contributed by atoms with E-state index in [4.69, 9.17) is 0 Å². The SMILES string of the molecule is O=C(Nc1cccc(-n2cc[nH]c2=O)c1)C1CCS(=O)(=O)N1. The maximum Gasteiger partial charge on any atom is 0.330 e. The Balaban J connectivity index is 1.78. The molecule has 2 heterocycles. The van der Waals surface area contributed by atoms with E-state index in [0.717, 1.165) is 0 Å². The third-order valence-corrected chi connectivity index (χ3v) is 4.77. The molecule has 1 aromatic carbocycles. The van der Waals surface area contributed by atoms with E-state index in [-0.39, 0.29) is 17.9 Å². The fourth-order valence-corrected chi connectivity index (χ4v) is 3.60. The van der Waals surface area contributed by atoms with Crippen molar-refractivity contribution in [1.82, 2.24) is 14.3 Å². The van der Waals surface area contributed by atoms with Crippen LogP contribution in [0, 0.1) is 0 Å². The lowest BCUT2D eigenvalue weighted by molar-refractivity contribution is -0.117. The summed E-state index contributed by atoms with van der Waals surface area (Å²) in [5, 5.41) is 2.65. The van der Waals surface area contributed by atoms with Crippen molar-refractivity contribution < 1.29 is 13.2 Å². The topological polar surface area (TPSA) is 113 Å². The molecule has 1 amide bonds. The quantitative estimate of drug-likeness (QED) is 0.726. The molecule has 0 saturated carbocycles. The normalized spacial score (nSPS) is 19.9. The molecular weight excluding hydrogens is 308 g/mol. The Hall–Kier alpha value is -2.39. The maximum atomic E-state index is 12.1. The lowest BCUT2D eigenvalue weighted by Crippen LogP contribution is -2.37. The Morgan fingerprint density at radius 3 is 2.82 bits per heavy atom. The van der Waals surface area contributed by atoms with Crippen LogP contribution in [0.15, 0.2) is 41.5 Å². The predicted octanol–water partition coefficient (Wildman–Crippen LogP) is -0.204. The highest BCUT2D eigenvalue weighted by atomic mass is 32.2. The van der Waals surface area contributed by atoms with Crippen molar-refractivity contribution >= 4 is 21.6 Å². The number of amides is 1. The maximum absolute atomic E-state index is 12.1. The number of carbonyl (C=O) groups excluding carboxylic acids is 1. The first-order valence-corrected chi connectivity index (χ1v) is 8.27. The van der Waals surface area contributed by atoms with Gasteiger partial charge < -0.3 is 10.3 Å². The number of hydrogen-bond acceptors (Lipinski definition) is 4. The molecule has 0 radical (unpaired) electrons. The Morgan fingerprint density at radius 2 is 2.18 bits per heavy atom. The number of H-pyrrole nitrogens is 1. The van der Waals surface area contributed by atoms with Crippen LogP contribution < -0.4 is 15.7 Å². The Labute approximate surface area is 126 Å². The van der Waals surface area contributed by atoms with Gasteiger partial charge in [0.2, 0.25) is 15.9 Å². The fraction of sp³-hybridized carbons (Fsp3) is 0.231. The lowest BCUT2D eigenvalue weighted by atomic mass is 10.2. The van der Waals surface area contributed by atoms with E-state index in [0.29, 0.717) is 11.4 Å². The van der Waals surface area contributed by atoms with Gasteiger partial charge in [-0.2, -0.15) is 0 Å². The van der Waals surface area contributed by atoms with Crippen LogP contribution >= 0.6 is 0 Å². The number of aromatic nitrogens is 2. The monoisotopic (exact) mass is 322 g/mol. The second kappa shape index (κ2) is 5.43. The lowest BCUT2D eigenvalue weighted by Gasteiger charge is -2.11. The zero-order valence-corrected chi connectivity index (χ0v) is 12.3. The van der Waals surface area contributed by atoms with E-state index in [2.05, 4.69) is 15.0 Å². The van der Waals surface area contributed by atoms with Crippen LogP contribution in [-0.2, 0) is 14.8 Å². The molecule has 3 rings (SSSR count). The van der Waals surface area contributed by atoms with Gasteiger partial charge in [0.25, 0.3) is 0 Å². The molecule has 22 heavy (non-hydrogen) atoms. The number of nitrogens with zero attached hydrogens (tertiary/aromatic N) is 1. The van der Waals surface area contributed by atoms with E-state index in [9.17, 15) is 18.0 Å². The predicted molar refractivity (Wildman–Crippen MR) is 80.3 cm³/mol. The van der Waals surface area contributed by atoms with Crippen molar-refractivity contribution in [2.24, 2.45) is 0 Å². The van der Waals surface area contributed by atoms with Gasteiger partial charge in [-0.3, -0.25) is 9.36 Å². The molecule has 2 aromatic rings. The van der Waals surface area contributed by atoms with Gasteiger partial charge in [0.1, 0.15) is 6.04 Å². The molecule has 0 aliphatic carbocycles. The first-order chi connectivity index (χ1) is 10.4. The molecule has 0 bridgehead atoms. The highest BCUT2D eigenvalue weighted by Crippen LogP contribution is 2.15. The third kappa shape index (κ3) is 2.95. The fourth-order valence-electron chi connectivity index (χ4n) is 2.28. The van der Waals surface area contributed by atoms with E-state index >= 15 is 0 Å². The van der Waals surface area contributed by atoms with Gasteiger partial charge in [0.15, 0.2) is 0 Å². The largest absolute Gasteiger partial charge is 0.330 e. The molecule has 1 aromatic heterocycles. The molecular formula is C13H14N4O4S. The smallest absolute Gasteiger partial charge is 0.325 e. The minimum Gasteiger partial charge on any atom is -0.325 e. The van der Waals surface area contributed by atoms with E-state index in [1.54, 1.807) is 30.5 Å². The highest BCUT2D eigenvalue weighted by molar-refractivity contribution is 7.89. The summed E-state index contributed by atoms with van der Waals surface area (Å²) >= 11 is 0. The van der Waals surface area contributed by atoms with Gasteiger partial charge in [-0.25, -0.2) is 17.9 Å². The van der Waals surface area contributed by atoms with Crippen LogP contribution in [0.4, 0.5) is 5.69 Å². The molecule has 9 heteroatoms. The van der Waals surface area contributed by atoms with E-state index < -0.39 is 22.0 Å². The Morgan fingerprint density at radius 1 is 1.36 bits per heavy atom. The van der Waals surface area contributed by atoms with Crippen LogP contribution in [0.3, 0.4) is 0 Å². The van der Waals surface area contributed by atoms with Gasteiger partial charge in [-0.1, -0.05) is 6.07 Å². The van der Waals surface area contributed by atoms with E-state index in [1.807, 2.05) is 0 Å². The highest BCUT2D eigenvalue weighted by Gasteiger charge is 2.31. The summed E-state index contributed by atoms with van der Waals surface area (Å²) in [5.41, 5.74) is 0.796. The van der Waals surface area contributed by atoms with Crippen molar-refractivity contribution in [3.8, 4) is 5.69 Å².